The number of nitrogens with zero attached hydrogens (tertiary/aromatic N) is 1. The SMILES string of the molecule is CN1CC[C@@]2(NC(=O)NC2=O)c2ccccc21. The molecule has 3 amide bonds. The standard InChI is InChI=1S/C12H13N3O2/c1-15-7-6-12(10(16)13-11(17)14-12)8-4-2-3-5-9(8)15/h2-5H,6-7H2,1H3,(H2,13,14,16,17)/t12-/m1/s1. The van der Waals surface area contributed by atoms with E-state index >= 15 is 0 Å². The van der Waals surface area contributed by atoms with Crippen molar-refractivity contribution in [2.75, 3.05) is 18.5 Å². The number of hydrogen-bond donors (Lipinski definition) is 2. The molecule has 17 heavy (non-hydrogen) atoms. The maximum atomic E-state index is 12.0. The molecule has 0 aliphatic carbocycles. The van der Waals surface area contributed by atoms with Crippen LogP contribution in [-0.2, 0) is 10.3 Å². The smallest absolute Gasteiger partial charge is 0.322 e. The molecule has 5 heteroatoms. The minimum absolute atomic E-state index is 0.247. The Labute approximate surface area is 98.8 Å². The molecule has 2 N–H and O–H groups in total. The van der Waals surface area contributed by atoms with Gasteiger partial charge in [-0.25, -0.2) is 4.79 Å². The number of anilines is 1. The van der Waals surface area contributed by atoms with E-state index in [0.717, 1.165) is 17.8 Å². The Balaban J connectivity index is 2.18. The van der Waals surface area contributed by atoms with Gasteiger partial charge in [-0.15, -0.1) is 0 Å². The van der Waals surface area contributed by atoms with E-state index in [-0.39, 0.29) is 5.91 Å². The van der Waals surface area contributed by atoms with Crippen molar-refractivity contribution in [2.45, 2.75) is 12.0 Å². The fourth-order valence-corrected chi connectivity index (χ4v) is 2.62. The number of nitrogens with one attached hydrogen (secondary N) is 2. The lowest BCUT2D eigenvalue weighted by molar-refractivity contribution is -0.124. The summed E-state index contributed by atoms with van der Waals surface area (Å²) in [6, 6.07) is 7.28. The molecular formula is C12H13N3O2. The third kappa shape index (κ3) is 1.25. The Bertz CT molecular complexity index is 514. The highest BCUT2D eigenvalue weighted by Gasteiger charge is 2.50. The molecule has 2 aliphatic heterocycles. The van der Waals surface area contributed by atoms with Crippen LogP contribution in [0.3, 0.4) is 0 Å². The zero-order chi connectivity index (χ0) is 12.0. The van der Waals surface area contributed by atoms with Crippen LogP contribution in [0, 0.1) is 0 Å². The number of amides is 3. The van der Waals surface area contributed by atoms with Gasteiger partial charge in [0.1, 0.15) is 5.54 Å². The summed E-state index contributed by atoms with van der Waals surface area (Å²) in [4.78, 5) is 25.5. The molecule has 88 valence electrons. The second-order valence-electron chi connectivity index (χ2n) is 4.50. The maximum Gasteiger partial charge on any atom is 0.322 e. The van der Waals surface area contributed by atoms with Gasteiger partial charge in [-0.1, -0.05) is 18.2 Å². The topological polar surface area (TPSA) is 61.4 Å². The zero-order valence-corrected chi connectivity index (χ0v) is 9.49. The summed E-state index contributed by atoms with van der Waals surface area (Å²) in [6.07, 6.45) is 0.595. The van der Waals surface area contributed by atoms with Crippen molar-refractivity contribution in [1.82, 2.24) is 10.6 Å². The molecular weight excluding hydrogens is 218 g/mol. The fraction of sp³-hybridized carbons (Fsp3) is 0.333. The van der Waals surface area contributed by atoms with Crippen molar-refractivity contribution in [3.8, 4) is 0 Å². The number of imide groups is 1. The van der Waals surface area contributed by atoms with E-state index < -0.39 is 11.6 Å². The average molecular weight is 231 g/mol. The summed E-state index contributed by atoms with van der Waals surface area (Å²) in [5.74, 6) is -0.247. The van der Waals surface area contributed by atoms with Gasteiger partial charge in [-0.3, -0.25) is 10.1 Å². The van der Waals surface area contributed by atoms with Gasteiger partial charge in [0.15, 0.2) is 0 Å². The van der Waals surface area contributed by atoms with Gasteiger partial charge in [0, 0.05) is 31.3 Å². The van der Waals surface area contributed by atoms with Crippen LogP contribution in [0.4, 0.5) is 10.5 Å². The molecule has 0 unspecified atom stereocenters. The van der Waals surface area contributed by atoms with E-state index in [1.807, 2.05) is 31.3 Å². The summed E-state index contributed by atoms with van der Waals surface area (Å²) in [5.41, 5.74) is 0.994. The van der Waals surface area contributed by atoms with Crippen LogP contribution in [0.5, 0.6) is 0 Å². The summed E-state index contributed by atoms with van der Waals surface area (Å²) in [5, 5.41) is 5.10. The molecule has 1 aromatic rings. The quantitative estimate of drug-likeness (QED) is 0.641. The molecule has 1 saturated heterocycles. The maximum absolute atomic E-state index is 12.0. The molecule has 0 bridgehead atoms. The number of benzene rings is 1. The van der Waals surface area contributed by atoms with Gasteiger partial charge in [0.25, 0.3) is 5.91 Å². The molecule has 1 fully saturated rings. The van der Waals surface area contributed by atoms with E-state index in [2.05, 4.69) is 15.5 Å². The van der Waals surface area contributed by atoms with Crippen molar-refractivity contribution in [2.24, 2.45) is 0 Å². The van der Waals surface area contributed by atoms with Crippen molar-refractivity contribution >= 4 is 17.6 Å². The minimum Gasteiger partial charge on any atom is -0.374 e. The third-order valence-corrected chi connectivity index (χ3v) is 3.54. The van der Waals surface area contributed by atoms with Gasteiger partial charge in [0.2, 0.25) is 0 Å². The number of para-hydroxylation sites is 1. The highest BCUT2D eigenvalue weighted by molar-refractivity contribution is 6.08. The third-order valence-electron chi connectivity index (χ3n) is 3.54. The van der Waals surface area contributed by atoms with E-state index in [9.17, 15) is 9.59 Å². The van der Waals surface area contributed by atoms with Crippen molar-refractivity contribution in [1.29, 1.82) is 0 Å². The van der Waals surface area contributed by atoms with Gasteiger partial charge < -0.3 is 10.2 Å². The monoisotopic (exact) mass is 231 g/mol. The van der Waals surface area contributed by atoms with Crippen LogP contribution in [0.2, 0.25) is 0 Å². The summed E-state index contributed by atoms with van der Waals surface area (Å²) in [6.45, 7) is 0.741. The first-order valence-corrected chi connectivity index (χ1v) is 5.58. The van der Waals surface area contributed by atoms with Crippen LogP contribution in [0.15, 0.2) is 24.3 Å². The number of carbonyl (C=O) groups is 2. The Morgan fingerprint density at radius 1 is 1.29 bits per heavy atom. The highest BCUT2D eigenvalue weighted by Crippen LogP contribution is 2.39. The van der Waals surface area contributed by atoms with Gasteiger partial charge in [-0.2, -0.15) is 0 Å². The number of rotatable bonds is 0. The van der Waals surface area contributed by atoms with Crippen LogP contribution >= 0.6 is 0 Å². The largest absolute Gasteiger partial charge is 0.374 e. The molecule has 2 heterocycles. The molecule has 0 saturated carbocycles. The minimum atomic E-state index is -0.875. The highest BCUT2D eigenvalue weighted by atomic mass is 16.2. The first-order valence-electron chi connectivity index (χ1n) is 5.58. The molecule has 0 radical (unpaired) electrons. The van der Waals surface area contributed by atoms with Crippen LogP contribution in [0.25, 0.3) is 0 Å². The van der Waals surface area contributed by atoms with E-state index in [0.29, 0.717) is 6.42 Å². The second-order valence-corrected chi connectivity index (χ2v) is 4.50. The Morgan fingerprint density at radius 2 is 2.06 bits per heavy atom. The molecule has 5 nitrogen and oxygen atoms in total. The lowest BCUT2D eigenvalue weighted by atomic mass is 9.82. The number of carbonyl (C=O) groups excluding carboxylic acids is 2. The van der Waals surface area contributed by atoms with Crippen molar-refractivity contribution < 1.29 is 9.59 Å². The molecule has 3 rings (SSSR count). The first kappa shape index (κ1) is 10.1. The van der Waals surface area contributed by atoms with Gasteiger partial charge in [-0.05, 0) is 6.07 Å². The normalized spacial score (nSPS) is 26.8. The number of urea groups is 1. The van der Waals surface area contributed by atoms with Crippen LogP contribution in [0.1, 0.15) is 12.0 Å². The molecule has 0 aromatic heterocycles. The molecule has 1 atom stereocenters. The van der Waals surface area contributed by atoms with Gasteiger partial charge >= 0.3 is 6.03 Å². The predicted molar refractivity (Wildman–Crippen MR) is 62.7 cm³/mol. The van der Waals surface area contributed by atoms with Crippen molar-refractivity contribution in [3.05, 3.63) is 29.8 Å². The van der Waals surface area contributed by atoms with Crippen LogP contribution in [-0.4, -0.2) is 25.5 Å². The second kappa shape index (κ2) is 3.23. The number of fused-ring (bicyclic) bond motifs is 2. The molecule has 2 aliphatic rings. The average Bonchev–Trinajstić information content (AvgIpc) is 2.61. The Kier molecular flexibility index (Phi) is 1.92. The van der Waals surface area contributed by atoms with E-state index in [1.165, 1.54) is 0 Å². The van der Waals surface area contributed by atoms with E-state index in [1.54, 1.807) is 0 Å². The lowest BCUT2D eigenvalue weighted by Gasteiger charge is -2.38. The predicted octanol–water partition coefficient (Wildman–Crippen LogP) is 0.561. The Hall–Kier alpha value is -2.04. The fourth-order valence-electron chi connectivity index (χ4n) is 2.62. The van der Waals surface area contributed by atoms with E-state index in [4.69, 9.17) is 0 Å². The lowest BCUT2D eigenvalue weighted by Crippen LogP contribution is -2.50. The van der Waals surface area contributed by atoms with Crippen LogP contribution < -0.4 is 15.5 Å². The zero-order valence-electron chi connectivity index (χ0n) is 9.49. The van der Waals surface area contributed by atoms with Crippen molar-refractivity contribution in [3.63, 3.8) is 0 Å². The molecule has 1 spiro atoms. The first-order chi connectivity index (χ1) is 8.13. The summed E-state index contributed by atoms with van der Waals surface area (Å²) >= 11 is 0. The van der Waals surface area contributed by atoms with Gasteiger partial charge in [0.05, 0.1) is 0 Å². The summed E-state index contributed by atoms with van der Waals surface area (Å²) < 4.78 is 0. The Morgan fingerprint density at radius 3 is 2.76 bits per heavy atom. The number of hydrogen-bond acceptors (Lipinski definition) is 3. The molecule has 1 aromatic carbocycles. The summed E-state index contributed by atoms with van der Waals surface area (Å²) in [7, 11) is 1.99.